The molecule has 0 radical (unpaired) electrons. The fourth-order valence-electron chi connectivity index (χ4n) is 3.74. The van der Waals surface area contributed by atoms with Gasteiger partial charge in [0.05, 0.1) is 0 Å². The third-order valence-electron chi connectivity index (χ3n) is 5.84. The number of nitrogens with one attached hydrogen (secondary N) is 2. The monoisotopic (exact) mass is 517 g/mol. The number of hydrogen-bond acceptors (Lipinski definition) is 6. The van der Waals surface area contributed by atoms with E-state index in [1.807, 2.05) is 72.8 Å². The second-order valence-electron chi connectivity index (χ2n) is 8.68. The molecular weight excluding hydrogens is 486 g/mol. The summed E-state index contributed by atoms with van der Waals surface area (Å²) in [5.74, 6) is -0.348. The zero-order valence-corrected chi connectivity index (χ0v) is 21.7. The molecular formula is C32H31N5O2. The number of hydrogen-bond donors (Lipinski definition) is 3. The Hall–Kier alpha value is -5.17. The molecule has 1 heterocycles. The molecule has 0 aliphatic carbocycles. The summed E-state index contributed by atoms with van der Waals surface area (Å²) in [5.41, 5.74) is 4.50. The minimum absolute atomic E-state index is 0.0545. The first-order chi connectivity index (χ1) is 19.1. The SMILES string of the molecule is CN(c1ccccc1)c1ccccc1.O=C(O)c1cc(NCc2ccccc2)nc(NCc2ccccc2)n1. The van der Waals surface area contributed by atoms with Crippen LogP contribution in [0.25, 0.3) is 0 Å². The van der Waals surface area contributed by atoms with Crippen molar-refractivity contribution in [2.45, 2.75) is 13.1 Å². The van der Waals surface area contributed by atoms with Gasteiger partial charge < -0.3 is 20.6 Å². The molecule has 0 atom stereocenters. The minimum atomic E-state index is -1.09. The highest BCUT2D eigenvalue weighted by atomic mass is 16.4. The molecule has 0 spiro atoms. The maximum Gasteiger partial charge on any atom is 0.354 e. The Morgan fingerprint density at radius 3 is 1.56 bits per heavy atom. The first-order valence-corrected chi connectivity index (χ1v) is 12.6. The largest absolute Gasteiger partial charge is 0.477 e. The van der Waals surface area contributed by atoms with Crippen LogP contribution in [0.1, 0.15) is 21.6 Å². The summed E-state index contributed by atoms with van der Waals surface area (Å²) < 4.78 is 0. The predicted molar refractivity (Wildman–Crippen MR) is 157 cm³/mol. The summed E-state index contributed by atoms with van der Waals surface area (Å²) in [6.45, 7) is 1.07. The van der Waals surface area contributed by atoms with Crippen molar-refractivity contribution >= 4 is 29.1 Å². The number of benzene rings is 4. The summed E-state index contributed by atoms with van der Waals surface area (Å²) in [7, 11) is 2.07. The van der Waals surface area contributed by atoms with Crippen molar-refractivity contribution in [1.29, 1.82) is 0 Å². The van der Waals surface area contributed by atoms with E-state index in [4.69, 9.17) is 0 Å². The molecule has 4 aromatic carbocycles. The zero-order chi connectivity index (χ0) is 27.3. The molecule has 3 N–H and O–H groups in total. The van der Waals surface area contributed by atoms with Crippen LogP contribution in [0, 0.1) is 0 Å². The molecule has 0 saturated carbocycles. The Morgan fingerprint density at radius 1 is 0.667 bits per heavy atom. The minimum Gasteiger partial charge on any atom is -0.477 e. The molecule has 1 aromatic heterocycles. The van der Waals surface area contributed by atoms with E-state index in [0.29, 0.717) is 18.9 Å². The Kier molecular flexibility index (Phi) is 9.61. The molecule has 0 fully saturated rings. The third-order valence-corrected chi connectivity index (χ3v) is 5.84. The van der Waals surface area contributed by atoms with Gasteiger partial charge in [-0.05, 0) is 35.4 Å². The molecule has 0 saturated heterocycles. The zero-order valence-electron chi connectivity index (χ0n) is 21.7. The third kappa shape index (κ3) is 8.43. The maximum absolute atomic E-state index is 11.3. The molecule has 0 bridgehead atoms. The van der Waals surface area contributed by atoms with Crippen molar-refractivity contribution in [3.63, 3.8) is 0 Å². The van der Waals surface area contributed by atoms with Gasteiger partial charge in [-0.15, -0.1) is 0 Å². The van der Waals surface area contributed by atoms with Gasteiger partial charge in [0.1, 0.15) is 5.82 Å². The maximum atomic E-state index is 11.3. The summed E-state index contributed by atoms with van der Waals surface area (Å²) in [4.78, 5) is 21.9. The van der Waals surface area contributed by atoms with Crippen LogP contribution in [0.15, 0.2) is 127 Å². The average Bonchev–Trinajstić information content (AvgIpc) is 3.01. The van der Waals surface area contributed by atoms with Crippen molar-refractivity contribution in [2.24, 2.45) is 0 Å². The number of carboxylic acids is 1. The fraction of sp³-hybridized carbons (Fsp3) is 0.0938. The van der Waals surface area contributed by atoms with Crippen LogP contribution in [0.2, 0.25) is 0 Å². The van der Waals surface area contributed by atoms with E-state index in [1.165, 1.54) is 17.4 Å². The molecule has 39 heavy (non-hydrogen) atoms. The lowest BCUT2D eigenvalue weighted by Crippen LogP contribution is -2.11. The summed E-state index contributed by atoms with van der Waals surface area (Å²) in [6.07, 6.45) is 0. The summed E-state index contributed by atoms with van der Waals surface area (Å²) in [6, 6.07) is 41.7. The molecule has 0 amide bonds. The van der Waals surface area contributed by atoms with E-state index < -0.39 is 5.97 Å². The van der Waals surface area contributed by atoms with E-state index in [1.54, 1.807) is 0 Å². The highest BCUT2D eigenvalue weighted by molar-refractivity contribution is 5.86. The van der Waals surface area contributed by atoms with Crippen LogP contribution in [-0.4, -0.2) is 28.1 Å². The normalized spacial score (nSPS) is 10.1. The van der Waals surface area contributed by atoms with Crippen LogP contribution in [0.3, 0.4) is 0 Å². The molecule has 0 unspecified atom stereocenters. The molecule has 5 aromatic rings. The second-order valence-corrected chi connectivity index (χ2v) is 8.68. The van der Waals surface area contributed by atoms with Gasteiger partial charge in [0.15, 0.2) is 5.69 Å². The number of aromatic nitrogens is 2. The number of carboxylic acid groups (broad SMARTS) is 1. The van der Waals surface area contributed by atoms with E-state index in [-0.39, 0.29) is 11.6 Å². The van der Waals surface area contributed by atoms with Gasteiger partial charge in [0.25, 0.3) is 0 Å². The van der Waals surface area contributed by atoms with Crippen molar-refractivity contribution in [3.8, 4) is 0 Å². The van der Waals surface area contributed by atoms with Crippen molar-refractivity contribution in [3.05, 3.63) is 144 Å². The van der Waals surface area contributed by atoms with Crippen LogP contribution in [-0.2, 0) is 13.1 Å². The van der Waals surface area contributed by atoms with E-state index in [9.17, 15) is 9.90 Å². The van der Waals surface area contributed by atoms with Gasteiger partial charge in [-0.25, -0.2) is 9.78 Å². The van der Waals surface area contributed by atoms with Gasteiger partial charge in [-0.2, -0.15) is 4.98 Å². The van der Waals surface area contributed by atoms with E-state index in [0.717, 1.165) is 11.1 Å². The number of anilines is 4. The lowest BCUT2D eigenvalue weighted by Gasteiger charge is -2.18. The van der Waals surface area contributed by atoms with Gasteiger partial charge in [0, 0.05) is 37.6 Å². The quantitative estimate of drug-likeness (QED) is 0.197. The number of carbonyl (C=O) groups is 1. The first-order valence-electron chi connectivity index (χ1n) is 12.6. The van der Waals surface area contributed by atoms with Gasteiger partial charge in [-0.3, -0.25) is 0 Å². The number of aromatic carboxylic acids is 1. The molecule has 5 rings (SSSR count). The fourth-order valence-corrected chi connectivity index (χ4v) is 3.74. The first kappa shape index (κ1) is 26.9. The standard InChI is InChI=1S/C19H18N4O2.C13H13N/c24-18(25)16-11-17(20-12-14-7-3-1-4-8-14)23-19(22-16)21-13-15-9-5-2-6-10-15;1-14(12-8-4-2-5-9-12)13-10-6-3-7-11-13/h1-11H,12-13H2,(H,24,25)(H2,20,21,22,23);2-11H,1H3. The van der Waals surface area contributed by atoms with Crippen molar-refractivity contribution in [1.82, 2.24) is 9.97 Å². The lowest BCUT2D eigenvalue weighted by molar-refractivity contribution is 0.0690. The van der Waals surface area contributed by atoms with Gasteiger partial charge in [0.2, 0.25) is 5.95 Å². The van der Waals surface area contributed by atoms with Crippen molar-refractivity contribution < 1.29 is 9.90 Å². The Labute approximate surface area is 228 Å². The van der Waals surface area contributed by atoms with E-state index in [2.05, 4.69) is 81.1 Å². The Balaban J connectivity index is 0.000000212. The summed E-state index contributed by atoms with van der Waals surface area (Å²) in [5, 5.41) is 15.5. The predicted octanol–water partition coefficient (Wildman–Crippen LogP) is 6.85. The topological polar surface area (TPSA) is 90.4 Å². The van der Waals surface area contributed by atoms with Crippen molar-refractivity contribution in [2.75, 3.05) is 22.6 Å². The average molecular weight is 518 g/mol. The highest BCUT2D eigenvalue weighted by Gasteiger charge is 2.10. The molecule has 196 valence electrons. The Bertz CT molecular complexity index is 1330. The van der Waals surface area contributed by atoms with Gasteiger partial charge in [-0.1, -0.05) is 97.1 Å². The number of rotatable bonds is 9. The summed E-state index contributed by atoms with van der Waals surface area (Å²) >= 11 is 0. The van der Waals surface area contributed by atoms with Crippen LogP contribution < -0.4 is 15.5 Å². The molecule has 7 heteroatoms. The Morgan fingerprint density at radius 2 is 1.10 bits per heavy atom. The number of para-hydroxylation sites is 2. The van der Waals surface area contributed by atoms with Crippen LogP contribution >= 0.6 is 0 Å². The molecule has 0 aliphatic heterocycles. The number of nitrogens with zero attached hydrogens (tertiary/aromatic N) is 3. The lowest BCUT2D eigenvalue weighted by atomic mass is 10.2. The second kappa shape index (κ2) is 13.9. The van der Waals surface area contributed by atoms with E-state index >= 15 is 0 Å². The highest BCUT2D eigenvalue weighted by Crippen LogP contribution is 2.22. The van der Waals surface area contributed by atoms with Gasteiger partial charge >= 0.3 is 5.97 Å². The smallest absolute Gasteiger partial charge is 0.354 e. The molecule has 7 nitrogen and oxygen atoms in total. The van der Waals surface area contributed by atoms with Crippen LogP contribution in [0.5, 0.6) is 0 Å². The van der Waals surface area contributed by atoms with Crippen LogP contribution in [0.4, 0.5) is 23.1 Å². The molecule has 0 aliphatic rings.